The lowest BCUT2D eigenvalue weighted by molar-refractivity contribution is -0.150. The van der Waals surface area contributed by atoms with Gasteiger partial charge in [0.05, 0.1) is 6.07 Å². The van der Waals surface area contributed by atoms with Crippen LogP contribution in [-0.4, -0.2) is 23.5 Å². The molecule has 0 spiro atoms. The van der Waals surface area contributed by atoms with Crippen LogP contribution in [0.4, 0.5) is 0 Å². The summed E-state index contributed by atoms with van der Waals surface area (Å²) < 4.78 is 0. The Morgan fingerprint density at radius 1 is 1.55 bits per heavy atom. The van der Waals surface area contributed by atoms with Crippen LogP contribution in [0.5, 0.6) is 0 Å². The number of rotatable bonds is 3. The Kier molecular flexibility index (Phi) is 4.49. The molecule has 0 aliphatic heterocycles. The first kappa shape index (κ1) is 9.43. The quantitative estimate of drug-likeness (QED) is 0.425. The molecule has 60 valence electrons. The predicted octanol–water partition coefficient (Wildman–Crippen LogP) is -0.509. The second kappa shape index (κ2) is 5.23. The molecule has 0 rings (SSSR count). The Labute approximate surface area is 63.6 Å². The number of hydrogen-bond donors (Lipinski definition) is 2. The number of carboxylic acids is 1. The minimum atomic E-state index is -1.50. The smallest absolute Gasteiger partial charge is 0.394 e. The summed E-state index contributed by atoms with van der Waals surface area (Å²) in [6.45, 7) is 0.235. The van der Waals surface area contributed by atoms with Crippen molar-refractivity contribution in [3.8, 4) is 6.07 Å². The minimum absolute atomic E-state index is 0.235. The van der Waals surface area contributed by atoms with E-state index in [9.17, 15) is 9.59 Å². The zero-order chi connectivity index (χ0) is 8.69. The average molecular weight is 156 g/mol. The van der Waals surface area contributed by atoms with E-state index < -0.39 is 11.9 Å². The van der Waals surface area contributed by atoms with Crippen molar-refractivity contribution in [1.82, 2.24) is 5.32 Å². The van der Waals surface area contributed by atoms with Crippen LogP contribution in [-0.2, 0) is 9.59 Å². The summed E-state index contributed by atoms with van der Waals surface area (Å²) >= 11 is 0. The number of carboxylic acid groups (broad SMARTS) is 1. The van der Waals surface area contributed by atoms with Crippen LogP contribution in [0.2, 0.25) is 0 Å². The van der Waals surface area contributed by atoms with Crippen molar-refractivity contribution in [2.45, 2.75) is 12.8 Å². The third kappa shape index (κ3) is 4.90. The summed E-state index contributed by atoms with van der Waals surface area (Å²) in [5.74, 6) is -2.52. The van der Waals surface area contributed by atoms with E-state index in [0.717, 1.165) is 0 Å². The van der Waals surface area contributed by atoms with E-state index in [1.165, 1.54) is 0 Å². The number of unbranched alkanes of at least 4 members (excludes halogenated alkanes) is 1. The number of carbonyl (C=O) groups is 2. The number of carbonyl (C=O) groups excluding carboxylic acids is 1. The molecule has 1 amide bonds. The standard InChI is InChI=1S/C6H8N2O3/c7-3-1-2-4-8-5(9)6(10)11/h1-2,4H2,(H,8,9)(H,10,11). The molecule has 0 aliphatic rings. The van der Waals surface area contributed by atoms with Gasteiger partial charge in [-0.2, -0.15) is 5.26 Å². The fourth-order valence-electron chi connectivity index (χ4n) is 0.445. The van der Waals surface area contributed by atoms with Crippen LogP contribution in [0, 0.1) is 11.3 Å². The van der Waals surface area contributed by atoms with Gasteiger partial charge in [-0.1, -0.05) is 0 Å². The van der Waals surface area contributed by atoms with Crippen molar-refractivity contribution >= 4 is 11.9 Å². The summed E-state index contributed by atoms with van der Waals surface area (Å²) in [6.07, 6.45) is 0.801. The second-order valence-electron chi connectivity index (χ2n) is 1.82. The summed E-state index contributed by atoms with van der Waals surface area (Å²) in [5, 5.41) is 18.3. The monoisotopic (exact) mass is 156 g/mol. The molecule has 0 aromatic rings. The van der Waals surface area contributed by atoms with Crippen LogP contribution in [0.1, 0.15) is 12.8 Å². The molecule has 0 saturated carbocycles. The van der Waals surface area contributed by atoms with Crippen molar-refractivity contribution in [2.75, 3.05) is 6.54 Å². The van der Waals surface area contributed by atoms with E-state index in [4.69, 9.17) is 10.4 Å². The van der Waals surface area contributed by atoms with Gasteiger partial charge in [0.15, 0.2) is 0 Å². The predicted molar refractivity (Wildman–Crippen MR) is 35.5 cm³/mol. The van der Waals surface area contributed by atoms with E-state index in [0.29, 0.717) is 12.8 Å². The number of nitrogens with zero attached hydrogens (tertiary/aromatic N) is 1. The van der Waals surface area contributed by atoms with E-state index >= 15 is 0 Å². The van der Waals surface area contributed by atoms with Crippen molar-refractivity contribution in [2.24, 2.45) is 0 Å². The Hall–Kier alpha value is -1.57. The normalized spacial score (nSPS) is 8.27. The van der Waals surface area contributed by atoms with Gasteiger partial charge in [-0.15, -0.1) is 0 Å². The molecular weight excluding hydrogens is 148 g/mol. The first-order valence-corrected chi connectivity index (χ1v) is 3.06. The van der Waals surface area contributed by atoms with Gasteiger partial charge < -0.3 is 10.4 Å². The molecule has 11 heavy (non-hydrogen) atoms. The summed E-state index contributed by atoms with van der Waals surface area (Å²) in [7, 11) is 0. The topological polar surface area (TPSA) is 90.2 Å². The molecule has 0 saturated heterocycles. The third-order valence-electron chi connectivity index (χ3n) is 0.945. The maximum Gasteiger partial charge on any atom is 0.394 e. The van der Waals surface area contributed by atoms with Gasteiger partial charge in [0.1, 0.15) is 0 Å². The van der Waals surface area contributed by atoms with Crippen molar-refractivity contribution < 1.29 is 14.7 Å². The van der Waals surface area contributed by atoms with Crippen LogP contribution >= 0.6 is 0 Å². The highest BCUT2D eigenvalue weighted by molar-refractivity contribution is 6.31. The van der Waals surface area contributed by atoms with Crippen LogP contribution < -0.4 is 5.32 Å². The van der Waals surface area contributed by atoms with Crippen molar-refractivity contribution in [1.29, 1.82) is 5.26 Å². The molecule has 0 aromatic carbocycles. The second-order valence-corrected chi connectivity index (χ2v) is 1.82. The molecule has 0 aliphatic carbocycles. The lowest BCUT2D eigenvalue weighted by Crippen LogP contribution is -2.31. The molecule has 0 atom stereocenters. The average Bonchev–Trinajstić information content (AvgIpc) is 1.97. The molecule has 0 aromatic heterocycles. The lowest BCUT2D eigenvalue weighted by atomic mass is 10.3. The molecule has 5 heteroatoms. The molecule has 0 fully saturated rings. The zero-order valence-electron chi connectivity index (χ0n) is 5.83. The number of hydrogen-bond acceptors (Lipinski definition) is 3. The molecule has 5 nitrogen and oxygen atoms in total. The minimum Gasteiger partial charge on any atom is -0.474 e. The van der Waals surface area contributed by atoms with Crippen LogP contribution in [0.25, 0.3) is 0 Å². The summed E-state index contributed by atoms with van der Waals surface area (Å²) in [6, 6.07) is 1.87. The largest absolute Gasteiger partial charge is 0.474 e. The van der Waals surface area contributed by atoms with Gasteiger partial charge in [-0.25, -0.2) is 4.79 Å². The maximum atomic E-state index is 10.3. The number of nitrogens with one attached hydrogen (secondary N) is 1. The SMILES string of the molecule is N#CCCCNC(=O)C(=O)O. The number of amides is 1. The van der Waals surface area contributed by atoms with Gasteiger partial charge >= 0.3 is 11.9 Å². The third-order valence-corrected chi connectivity index (χ3v) is 0.945. The van der Waals surface area contributed by atoms with E-state index in [1.54, 1.807) is 0 Å². The van der Waals surface area contributed by atoms with Gasteiger partial charge in [0, 0.05) is 13.0 Å². The van der Waals surface area contributed by atoms with Gasteiger partial charge in [-0.3, -0.25) is 4.79 Å². The molecule has 0 radical (unpaired) electrons. The molecule has 0 unspecified atom stereocenters. The fraction of sp³-hybridized carbons (Fsp3) is 0.500. The Morgan fingerprint density at radius 3 is 2.64 bits per heavy atom. The highest BCUT2D eigenvalue weighted by Gasteiger charge is 2.08. The van der Waals surface area contributed by atoms with Crippen molar-refractivity contribution in [3.63, 3.8) is 0 Å². The summed E-state index contributed by atoms with van der Waals surface area (Å²) in [5.41, 5.74) is 0. The first-order valence-electron chi connectivity index (χ1n) is 3.06. The Morgan fingerprint density at radius 2 is 2.18 bits per heavy atom. The molecule has 2 N–H and O–H groups in total. The maximum absolute atomic E-state index is 10.3. The molecule has 0 bridgehead atoms. The summed E-state index contributed by atoms with van der Waals surface area (Å²) in [4.78, 5) is 20.2. The van der Waals surface area contributed by atoms with Crippen molar-refractivity contribution in [3.05, 3.63) is 0 Å². The van der Waals surface area contributed by atoms with Gasteiger partial charge in [0.2, 0.25) is 0 Å². The number of nitriles is 1. The number of aliphatic carboxylic acids is 1. The first-order chi connectivity index (χ1) is 5.18. The Bertz CT molecular complexity index is 194. The fourth-order valence-corrected chi connectivity index (χ4v) is 0.445. The Balaban J connectivity index is 3.34. The van der Waals surface area contributed by atoms with E-state index in [2.05, 4.69) is 5.32 Å². The van der Waals surface area contributed by atoms with E-state index in [1.807, 2.05) is 6.07 Å². The highest BCUT2D eigenvalue weighted by Crippen LogP contribution is 1.82. The van der Waals surface area contributed by atoms with Crippen LogP contribution in [0.15, 0.2) is 0 Å². The lowest BCUT2D eigenvalue weighted by Gasteiger charge is -1.96. The van der Waals surface area contributed by atoms with Gasteiger partial charge in [0.25, 0.3) is 0 Å². The molecular formula is C6H8N2O3. The van der Waals surface area contributed by atoms with Crippen LogP contribution in [0.3, 0.4) is 0 Å². The molecule has 0 heterocycles. The van der Waals surface area contributed by atoms with E-state index in [-0.39, 0.29) is 6.54 Å². The highest BCUT2D eigenvalue weighted by atomic mass is 16.4. The van der Waals surface area contributed by atoms with Gasteiger partial charge in [-0.05, 0) is 6.42 Å². The zero-order valence-corrected chi connectivity index (χ0v) is 5.83.